The number of rotatable bonds is 5. The number of hydrazine groups is 1. The molecule has 7 heteroatoms. The van der Waals surface area contributed by atoms with Crippen molar-refractivity contribution in [2.75, 3.05) is 32.8 Å². The van der Waals surface area contributed by atoms with Crippen molar-refractivity contribution in [3.05, 3.63) is 35.9 Å². The van der Waals surface area contributed by atoms with Crippen LogP contribution in [-0.2, 0) is 14.3 Å². The van der Waals surface area contributed by atoms with E-state index in [4.69, 9.17) is 4.74 Å². The second-order valence-electron chi connectivity index (χ2n) is 7.11. The molecule has 1 amide bonds. The molecule has 2 N–H and O–H groups in total. The van der Waals surface area contributed by atoms with Crippen LogP contribution in [0.15, 0.2) is 30.3 Å². The van der Waals surface area contributed by atoms with Crippen LogP contribution in [0.5, 0.6) is 0 Å². The summed E-state index contributed by atoms with van der Waals surface area (Å²) < 4.78 is 5.29. The van der Waals surface area contributed by atoms with E-state index >= 15 is 0 Å². The fourth-order valence-electron chi connectivity index (χ4n) is 3.95. The number of ether oxygens (including phenoxy) is 1. The third kappa shape index (κ3) is 5.67. The van der Waals surface area contributed by atoms with E-state index in [9.17, 15) is 9.59 Å². The molecule has 2 aliphatic rings. The lowest BCUT2D eigenvalue weighted by atomic mass is 9.81. The van der Waals surface area contributed by atoms with Gasteiger partial charge in [-0.2, -0.15) is 0 Å². The first-order valence-corrected chi connectivity index (χ1v) is 9.66. The maximum Gasteiger partial charge on any atom is 0.309 e. The first-order chi connectivity index (χ1) is 12.7. The molecule has 2 fully saturated rings. The molecule has 0 aromatic heterocycles. The Balaban J connectivity index is 0.00000261. The highest BCUT2D eigenvalue weighted by Gasteiger charge is 2.37. The predicted octanol–water partition coefficient (Wildman–Crippen LogP) is 2.11. The van der Waals surface area contributed by atoms with Gasteiger partial charge in [0.05, 0.1) is 12.5 Å². The Morgan fingerprint density at radius 3 is 2.56 bits per heavy atom. The zero-order valence-electron chi connectivity index (χ0n) is 15.9. The highest BCUT2D eigenvalue weighted by atomic mass is 35.5. The van der Waals surface area contributed by atoms with Crippen LogP contribution in [0, 0.1) is 11.8 Å². The summed E-state index contributed by atoms with van der Waals surface area (Å²) in [4.78, 5) is 25.0. The molecule has 27 heavy (non-hydrogen) atoms. The SMILES string of the molecule is CCOC(=O)C1CCN(NC(=O)C2CCNCC2)CC1c1ccccc1.Cl. The summed E-state index contributed by atoms with van der Waals surface area (Å²) in [6.07, 6.45) is 2.45. The smallest absolute Gasteiger partial charge is 0.309 e. The van der Waals surface area contributed by atoms with Crippen LogP contribution in [0.4, 0.5) is 0 Å². The van der Waals surface area contributed by atoms with Crippen LogP contribution >= 0.6 is 12.4 Å². The van der Waals surface area contributed by atoms with Gasteiger partial charge in [-0.05, 0) is 44.8 Å². The van der Waals surface area contributed by atoms with Gasteiger partial charge in [0.1, 0.15) is 0 Å². The molecule has 3 rings (SSSR count). The second kappa shape index (κ2) is 10.6. The van der Waals surface area contributed by atoms with Crippen molar-refractivity contribution in [3.8, 4) is 0 Å². The second-order valence-corrected chi connectivity index (χ2v) is 7.11. The molecule has 2 unspecified atom stereocenters. The minimum absolute atomic E-state index is 0. The Morgan fingerprint density at radius 2 is 1.89 bits per heavy atom. The Bertz CT molecular complexity index is 608. The molecule has 150 valence electrons. The Morgan fingerprint density at radius 1 is 1.19 bits per heavy atom. The zero-order chi connectivity index (χ0) is 18.4. The van der Waals surface area contributed by atoms with Crippen LogP contribution < -0.4 is 10.7 Å². The first-order valence-electron chi connectivity index (χ1n) is 9.66. The van der Waals surface area contributed by atoms with E-state index in [1.807, 2.05) is 30.1 Å². The number of piperidine rings is 2. The highest BCUT2D eigenvalue weighted by Crippen LogP contribution is 2.33. The van der Waals surface area contributed by atoms with Crippen LogP contribution in [0.2, 0.25) is 0 Å². The van der Waals surface area contributed by atoms with Gasteiger partial charge >= 0.3 is 5.97 Å². The zero-order valence-corrected chi connectivity index (χ0v) is 16.7. The van der Waals surface area contributed by atoms with Crippen molar-refractivity contribution in [2.24, 2.45) is 11.8 Å². The number of halogens is 1. The van der Waals surface area contributed by atoms with E-state index < -0.39 is 0 Å². The molecule has 2 saturated heterocycles. The molecule has 1 aromatic carbocycles. The first kappa shape index (κ1) is 21.7. The fourth-order valence-corrected chi connectivity index (χ4v) is 3.95. The van der Waals surface area contributed by atoms with Crippen molar-refractivity contribution in [2.45, 2.75) is 32.1 Å². The lowest BCUT2D eigenvalue weighted by molar-refractivity contribution is -0.151. The molecule has 2 atom stereocenters. The Kier molecular flexibility index (Phi) is 8.54. The van der Waals surface area contributed by atoms with Gasteiger partial charge < -0.3 is 10.1 Å². The molecular formula is C20H30ClN3O3. The standard InChI is InChI=1S/C20H29N3O3.ClH/c1-2-26-20(25)17-10-13-23(14-18(17)15-6-4-3-5-7-15)22-19(24)16-8-11-21-12-9-16;/h3-7,16-18,21H,2,8-14H2,1H3,(H,22,24);1H. The van der Waals surface area contributed by atoms with E-state index in [-0.39, 0.29) is 42.0 Å². The molecule has 0 aliphatic carbocycles. The van der Waals surface area contributed by atoms with Crippen LogP contribution in [0.1, 0.15) is 37.7 Å². The number of hydrogen-bond acceptors (Lipinski definition) is 5. The van der Waals surface area contributed by atoms with Gasteiger partial charge in [-0.25, -0.2) is 5.01 Å². The Labute approximate surface area is 167 Å². The molecule has 2 aliphatic heterocycles. The molecule has 0 radical (unpaired) electrons. The minimum Gasteiger partial charge on any atom is -0.466 e. The minimum atomic E-state index is -0.163. The topological polar surface area (TPSA) is 70.7 Å². The van der Waals surface area contributed by atoms with Gasteiger partial charge in [0.2, 0.25) is 5.91 Å². The van der Waals surface area contributed by atoms with Crippen LogP contribution in [0.25, 0.3) is 0 Å². The van der Waals surface area contributed by atoms with Gasteiger partial charge in [0.15, 0.2) is 0 Å². The Hall–Kier alpha value is -1.63. The van der Waals surface area contributed by atoms with Crippen LogP contribution in [-0.4, -0.2) is 49.7 Å². The number of hydrogen-bond donors (Lipinski definition) is 2. The predicted molar refractivity (Wildman–Crippen MR) is 106 cm³/mol. The van der Waals surface area contributed by atoms with Crippen molar-refractivity contribution in [3.63, 3.8) is 0 Å². The van der Waals surface area contributed by atoms with Crippen molar-refractivity contribution < 1.29 is 14.3 Å². The molecule has 0 spiro atoms. The lowest BCUT2D eigenvalue weighted by Crippen LogP contribution is -2.53. The van der Waals surface area contributed by atoms with E-state index in [0.29, 0.717) is 26.1 Å². The third-order valence-corrected chi connectivity index (χ3v) is 5.41. The summed E-state index contributed by atoms with van der Waals surface area (Å²) in [5.41, 5.74) is 4.21. The van der Waals surface area contributed by atoms with Crippen molar-refractivity contribution in [1.29, 1.82) is 0 Å². The summed E-state index contributed by atoms with van der Waals surface area (Å²) in [6, 6.07) is 10.1. The average molecular weight is 396 g/mol. The van der Waals surface area contributed by atoms with Gasteiger partial charge in [-0.1, -0.05) is 30.3 Å². The molecule has 0 saturated carbocycles. The van der Waals surface area contributed by atoms with E-state index in [1.165, 1.54) is 0 Å². The van der Waals surface area contributed by atoms with Gasteiger partial charge in [0, 0.05) is 24.9 Å². The van der Waals surface area contributed by atoms with E-state index in [0.717, 1.165) is 31.5 Å². The molecule has 2 heterocycles. The third-order valence-electron chi connectivity index (χ3n) is 5.41. The summed E-state index contributed by atoms with van der Waals surface area (Å²) >= 11 is 0. The quantitative estimate of drug-likeness (QED) is 0.747. The summed E-state index contributed by atoms with van der Waals surface area (Å²) in [5.74, 6) is -0.0884. The molecule has 6 nitrogen and oxygen atoms in total. The maximum atomic E-state index is 12.6. The largest absolute Gasteiger partial charge is 0.466 e. The normalized spacial score (nSPS) is 23.9. The molecule has 0 bridgehead atoms. The van der Waals surface area contributed by atoms with Crippen molar-refractivity contribution >= 4 is 24.3 Å². The van der Waals surface area contributed by atoms with E-state index in [2.05, 4.69) is 22.9 Å². The molecule has 1 aromatic rings. The number of carbonyl (C=O) groups excluding carboxylic acids is 2. The summed E-state index contributed by atoms with van der Waals surface area (Å²) in [5, 5.41) is 5.27. The monoisotopic (exact) mass is 395 g/mol. The van der Waals surface area contributed by atoms with Gasteiger partial charge in [0.25, 0.3) is 0 Å². The lowest BCUT2D eigenvalue weighted by Gasteiger charge is -2.38. The maximum absolute atomic E-state index is 12.6. The fraction of sp³-hybridized carbons (Fsp3) is 0.600. The number of nitrogens with zero attached hydrogens (tertiary/aromatic N) is 1. The number of amides is 1. The molecular weight excluding hydrogens is 366 g/mol. The number of esters is 1. The van der Waals surface area contributed by atoms with Gasteiger partial charge in [-0.3, -0.25) is 15.0 Å². The summed E-state index contributed by atoms with van der Waals surface area (Å²) in [6.45, 7) is 5.33. The number of nitrogens with one attached hydrogen (secondary N) is 2. The highest BCUT2D eigenvalue weighted by molar-refractivity contribution is 5.85. The van der Waals surface area contributed by atoms with Gasteiger partial charge in [-0.15, -0.1) is 12.4 Å². The van der Waals surface area contributed by atoms with Crippen molar-refractivity contribution in [1.82, 2.24) is 15.8 Å². The number of carbonyl (C=O) groups is 2. The number of benzene rings is 1. The van der Waals surface area contributed by atoms with Crippen LogP contribution in [0.3, 0.4) is 0 Å². The van der Waals surface area contributed by atoms with E-state index in [1.54, 1.807) is 0 Å². The summed E-state index contributed by atoms with van der Waals surface area (Å²) in [7, 11) is 0. The average Bonchev–Trinajstić information content (AvgIpc) is 2.69.